The summed E-state index contributed by atoms with van der Waals surface area (Å²) in [5.41, 5.74) is 0. The molecule has 2 saturated heterocycles. The van der Waals surface area contributed by atoms with Gasteiger partial charge in [-0.25, -0.2) is 4.79 Å². The Morgan fingerprint density at radius 3 is 2.71 bits per heavy atom. The highest BCUT2D eigenvalue weighted by Crippen LogP contribution is 2.23. The van der Waals surface area contributed by atoms with Gasteiger partial charge in [-0.1, -0.05) is 0 Å². The number of hydrogen-bond acceptors (Lipinski definition) is 9. The molecule has 0 spiro atoms. The van der Waals surface area contributed by atoms with Crippen LogP contribution in [-0.4, -0.2) is 80.2 Å². The zero-order valence-corrected chi connectivity index (χ0v) is 16.2. The average molecular weight is 399 g/mol. The van der Waals surface area contributed by atoms with Gasteiger partial charge < -0.3 is 33.7 Å². The number of rotatable bonds is 5. The lowest BCUT2D eigenvalue weighted by Gasteiger charge is -2.29. The van der Waals surface area contributed by atoms with Crippen LogP contribution in [0.25, 0.3) is 5.32 Å². The molecular formula is C16H25N5O7. The standard InChI is InChI=1S/C16H25N5O7/c1-4-24-15(23)19-5-7-20(8-6-19)21-9-13(28-18-21)17-14(22)25-10-12-11-26-16(2,3)27-12/h9,12H,4-8,10-11H2,1-3H3. The first-order valence-corrected chi connectivity index (χ1v) is 9.12. The topological polar surface area (TPSA) is 122 Å². The van der Waals surface area contributed by atoms with Crippen LogP contribution >= 0.6 is 0 Å². The molecule has 2 fully saturated rings. The second-order valence-corrected chi connectivity index (χ2v) is 6.74. The second kappa shape index (κ2) is 8.61. The van der Waals surface area contributed by atoms with Crippen molar-refractivity contribution in [2.24, 2.45) is 0 Å². The minimum atomic E-state index is -0.802. The van der Waals surface area contributed by atoms with Crippen LogP contribution in [-0.2, 0) is 18.9 Å². The quantitative estimate of drug-likeness (QED) is 0.657. The smallest absolute Gasteiger partial charge is 0.409 e. The number of aromatic nitrogens is 2. The Morgan fingerprint density at radius 1 is 1.32 bits per heavy atom. The summed E-state index contributed by atoms with van der Waals surface area (Å²) in [6, 6.07) is 0. The maximum Gasteiger partial charge on any atom is 0.409 e. The zero-order chi connectivity index (χ0) is 20.1. The van der Waals surface area contributed by atoms with Crippen molar-refractivity contribution < 1.29 is 37.9 Å². The molecule has 1 unspecified atom stereocenters. The molecule has 0 aromatic carbocycles. The summed E-state index contributed by atoms with van der Waals surface area (Å²) in [7, 11) is 0. The lowest BCUT2D eigenvalue weighted by molar-refractivity contribution is -0.759. The Hall–Kier alpha value is -2.60. The van der Waals surface area contributed by atoms with E-state index in [9.17, 15) is 9.59 Å². The van der Waals surface area contributed by atoms with Gasteiger partial charge in [-0.2, -0.15) is 0 Å². The van der Waals surface area contributed by atoms with E-state index in [1.807, 2.05) is 5.01 Å². The lowest BCUT2D eigenvalue weighted by Crippen LogP contribution is -2.65. The number of piperazine rings is 1. The van der Waals surface area contributed by atoms with E-state index < -0.39 is 11.9 Å². The van der Waals surface area contributed by atoms with Gasteiger partial charge in [-0.3, -0.25) is 4.79 Å². The summed E-state index contributed by atoms with van der Waals surface area (Å²) in [4.78, 5) is 26.6. The number of hydrogen-bond donors (Lipinski definition) is 0. The highest BCUT2D eigenvalue weighted by molar-refractivity contribution is 5.88. The van der Waals surface area contributed by atoms with Crippen LogP contribution in [0.1, 0.15) is 20.8 Å². The van der Waals surface area contributed by atoms with Crippen LogP contribution in [0.4, 0.5) is 15.5 Å². The van der Waals surface area contributed by atoms with Crippen molar-refractivity contribution >= 4 is 18.1 Å². The van der Waals surface area contributed by atoms with E-state index in [0.717, 1.165) is 0 Å². The Morgan fingerprint density at radius 2 is 2.07 bits per heavy atom. The Labute approximate surface area is 162 Å². The highest BCUT2D eigenvalue weighted by atomic mass is 16.7. The average Bonchev–Trinajstić information content (AvgIpc) is 3.26. The number of carbonyl (C=O) groups excluding carboxylic acids is 2. The van der Waals surface area contributed by atoms with Gasteiger partial charge in [0.15, 0.2) is 5.79 Å². The van der Waals surface area contributed by atoms with Gasteiger partial charge in [0.05, 0.1) is 31.1 Å². The predicted octanol–water partition coefficient (Wildman–Crippen LogP) is 0.666. The van der Waals surface area contributed by atoms with Gasteiger partial charge in [-0.05, 0) is 20.8 Å². The largest absolute Gasteiger partial charge is 0.552 e. The molecule has 28 heavy (non-hydrogen) atoms. The monoisotopic (exact) mass is 399 g/mol. The SMILES string of the molecule is CCOC(=O)N1CCN([n+]2cc([N-]C(=O)OCC3COC(C)(C)O3)on2)CC1. The fourth-order valence-electron chi connectivity index (χ4n) is 2.84. The summed E-state index contributed by atoms with van der Waals surface area (Å²) in [5.74, 6) is -0.663. The van der Waals surface area contributed by atoms with Crippen LogP contribution in [0.15, 0.2) is 10.7 Å². The van der Waals surface area contributed by atoms with Crippen molar-refractivity contribution in [3.05, 3.63) is 11.5 Å². The summed E-state index contributed by atoms with van der Waals surface area (Å²) in [5, 5.41) is 9.42. The van der Waals surface area contributed by atoms with Gasteiger partial charge in [0.2, 0.25) is 11.4 Å². The number of carbonyl (C=O) groups is 2. The summed E-state index contributed by atoms with van der Waals surface area (Å²) < 4.78 is 26.0. The van der Waals surface area contributed by atoms with Crippen molar-refractivity contribution in [1.29, 1.82) is 0 Å². The molecular weight excluding hydrogens is 374 g/mol. The van der Waals surface area contributed by atoms with E-state index in [-0.39, 0.29) is 24.7 Å². The Bertz CT molecular complexity index is 687. The second-order valence-electron chi connectivity index (χ2n) is 6.74. The molecule has 1 aromatic rings. The van der Waals surface area contributed by atoms with E-state index >= 15 is 0 Å². The summed E-state index contributed by atoms with van der Waals surface area (Å²) in [6.07, 6.45) is 0.0126. The Balaban J connectivity index is 1.42. The van der Waals surface area contributed by atoms with Gasteiger partial charge in [0, 0.05) is 13.1 Å². The molecule has 12 nitrogen and oxygen atoms in total. The normalized spacial score (nSPS) is 21.5. The van der Waals surface area contributed by atoms with E-state index in [4.69, 9.17) is 23.5 Å². The van der Waals surface area contributed by atoms with Crippen molar-refractivity contribution in [1.82, 2.24) is 10.2 Å². The first-order valence-electron chi connectivity index (χ1n) is 9.12. The third kappa shape index (κ3) is 5.23. The maximum absolute atomic E-state index is 11.8. The molecule has 0 aliphatic carbocycles. The minimum absolute atomic E-state index is 0.0155. The fourth-order valence-corrected chi connectivity index (χ4v) is 2.84. The molecule has 0 bridgehead atoms. The lowest BCUT2D eigenvalue weighted by atomic mass is 10.4. The molecule has 2 amide bonds. The molecule has 0 N–H and O–H groups in total. The number of nitrogens with zero attached hydrogens (tertiary/aromatic N) is 5. The van der Waals surface area contributed by atoms with E-state index in [2.05, 4.69) is 10.6 Å². The van der Waals surface area contributed by atoms with Crippen LogP contribution < -0.4 is 9.80 Å². The molecule has 3 rings (SSSR count). The zero-order valence-electron chi connectivity index (χ0n) is 16.2. The summed E-state index contributed by atoms with van der Waals surface area (Å²) >= 11 is 0. The van der Waals surface area contributed by atoms with Crippen molar-refractivity contribution in [3.63, 3.8) is 0 Å². The molecule has 0 radical (unpaired) electrons. The van der Waals surface area contributed by atoms with Crippen LogP contribution in [0.5, 0.6) is 0 Å². The van der Waals surface area contributed by atoms with Crippen LogP contribution in [0, 0.1) is 0 Å². The van der Waals surface area contributed by atoms with Gasteiger partial charge in [0.1, 0.15) is 18.6 Å². The first-order chi connectivity index (χ1) is 13.4. The molecule has 0 saturated carbocycles. The fraction of sp³-hybridized carbons (Fsp3) is 0.750. The van der Waals surface area contributed by atoms with Crippen molar-refractivity contribution in [2.75, 3.05) is 51.0 Å². The van der Waals surface area contributed by atoms with Crippen LogP contribution in [0.2, 0.25) is 0 Å². The van der Waals surface area contributed by atoms with Gasteiger partial charge >= 0.3 is 6.09 Å². The predicted molar refractivity (Wildman–Crippen MR) is 92.5 cm³/mol. The van der Waals surface area contributed by atoms with Gasteiger partial charge in [-0.15, -0.1) is 5.01 Å². The Kier molecular flexibility index (Phi) is 6.19. The molecule has 2 aliphatic rings. The van der Waals surface area contributed by atoms with E-state index in [1.54, 1.807) is 25.7 Å². The molecule has 2 aliphatic heterocycles. The molecule has 1 atom stereocenters. The molecule has 12 heteroatoms. The third-order valence-corrected chi connectivity index (χ3v) is 4.18. The van der Waals surface area contributed by atoms with Crippen molar-refractivity contribution in [3.8, 4) is 0 Å². The first kappa shape index (κ1) is 20.1. The molecule has 1 aromatic heterocycles. The van der Waals surface area contributed by atoms with E-state index in [1.165, 1.54) is 11.0 Å². The number of amides is 2. The maximum atomic E-state index is 11.8. The van der Waals surface area contributed by atoms with E-state index in [0.29, 0.717) is 39.4 Å². The van der Waals surface area contributed by atoms with Crippen LogP contribution in [0.3, 0.4) is 0 Å². The molecule has 3 heterocycles. The third-order valence-electron chi connectivity index (χ3n) is 4.18. The number of ether oxygens (including phenoxy) is 4. The minimum Gasteiger partial charge on any atom is -0.552 e. The van der Waals surface area contributed by atoms with Crippen molar-refractivity contribution in [2.45, 2.75) is 32.7 Å². The molecule has 156 valence electrons. The highest BCUT2D eigenvalue weighted by Gasteiger charge is 2.33. The van der Waals surface area contributed by atoms with Gasteiger partial charge in [0.25, 0.3) is 6.20 Å². The summed E-state index contributed by atoms with van der Waals surface area (Å²) in [6.45, 7) is 8.14.